The van der Waals surface area contributed by atoms with E-state index in [1.54, 1.807) is 0 Å². The highest BCUT2D eigenvalue weighted by atomic mass is 15.5. The summed E-state index contributed by atoms with van der Waals surface area (Å²) >= 11 is 0. The van der Waals surface area contributed by atoms with Crippen LogP contribution in [0.1, 0.15) is 32.0 Å². The molecule has 0 saturated carbocycles. The van der Waals surface area contributed by atoms with Crippen LogP contribution in [0.5, 0.6) is 0 Å². The van der Waals surface area contributed by atoms with Crippen LogP contribution in [0.2, 0.25) is 0 Å². The average Bonchev–Trinajstić information content (AvgIpc) is 2.39. The molecule has 0 unspecified atom stereocenters. The number of aromatic nitrogens is 2. The SMILES string of the molecule is CCc1nc(NN)cc(NN2CCCCC2)n1. The van der Waals surface area contributed by atoms with Gasteiger partial charge in [0.05, 0.1) is 0 Å². The molecule has 1 fully saturated rings. The predicted octanol–water partition coefficient (Wildman–Crippen LogP) is 1.14. The zero-order chi connectivity index (χ0) is 12.1. The second-order valence-electron chi connectivity index (χ2n) is 4.21. The van der Waals surface area contributed by atoms with E-state index < -0.39 is 0 Å². The Hall–Kier alpha value is -1.40. The van der Waals surface area contributed by atoms with Crippen molar-refractivity contribution in [2.24, 2.45) is 5.84 Å². The van der Waals surface area contributed by atoms with E-state index in [0.717, 1.165) is 31.2 Å². The maximum absolute atomic E-state index is 5.39. The number of rotatable bonds is 4. The van der Waals surface area contributed by atoms with Gasteiger partial charge in [0.1, 0.15) is 17.5 Å². The third-order valence-electron chi connectivity index (χ3n) is 2.87. The van der Waals surface area contributed by atoms with Crippen molar-refractivity contribution < 1.29 is 0 Å². The van der Waals surface area contributed by atoms with E-state index in [1.165, 1.54) is 19.3 Å². The molecule has 0 aliphatic carbocycles. The van der Waals surface area contributed by atoms with E-state index in [1.807, 2.05) is 13.0 Å². The van der Waals surface area contributed by atoms with Gasteiger partial charge >= 0.3 is 0 Å². The number of piperidine rings is 1. The molecule has 0 atom stereocenters. The van der Waals surface area contributed by atoms with Crippen molar-refractivity contribution in [2.75, 3.05) is 23.9 Å². The quantitative estimate of drug-likeness (QED) is 0.537. The minimum Gasteiger partial charge on any atom is -0.308 e. The van der Waals surface area contributed by atoms with Gasteiger partial charge in [-0.1, -0.05) is 13.3 Å². The minimum atomic E-state index is 0.649. The lowest BCUT2D eigenvalue weighted by atomic mass is 10.2. The summed E-state index contributed by atoms with van der Waals surface area (Å²) in [5.41, 5.74) is 5.89. The number of anilines is 2. The molecule has 0 bridgehead atoms. The molecule has 2 rings (SSSR count). The van der Waals surface area contributed by atoms with Gasteiger partial charge in [0.2, 0.25) is 0 Å². The molecule has 1 saturated heterocycles. The summed E-state index contributed by atoms with van der Waals surface area (Å²) in [6, 6.07) is 1.83. The van der Waals surface area contributed by atoms with E-state index in [4.69, 9.17) is 5.84 Å². The average molecular weight is 236 g/mol. The van der Waals surface area contributed by atoms with E-state index in [9.17, 15) is 0 Å². The van der Waals surface area contributed by atoms with E-state index in [0.29, 0.717) is 5.82 Å². The lowest BCUT2D eigenvalue weighted by Gasteiger charge is -2.27. The topological polar surface area (TPSA) is 79.1 Å². The van der Waals surface area contributed by atoms with Gasteiger partial charge in [0, 0.05) is 25.6 Å². The van der Waals surface area contributed by atoms with E-state index in [2.05, 4.69) is 25.8 Å². The highest BCUT2D eigenvalue weighted by Crippen LogP contribution is 2.14. The Morgan fingerprint density at radius 3 is 2.59 bits per heavy atom. The Kier molecular flexibility index (Phi) is 4.11. The van der Waals surface area contributed by atoms with Gasteiger partial charge in [0.15, 0.2) is 0 Å². The van der Waals surface area contributed by atoms with Crippen LogP contribution in [0.25, 0.3) is 0 Å². The molecule has 0 spiro atoms. The summed E-state index contributed by atoms with van der Waals surface area (Å²) in [5.74, 6) is 7.65. The Morgan fingerprint density at radius 1 is 1.24 bits per heavy atom. The molecular formula is C11H20N6. The van der Waals surface area contributed by atoms with Gasteiger partial charge in [-0.3, -0.25) is 0 Å². The van der Waals surface area contributed by atoms with Crippen molar-refractivity contribution in [2.45, 2.75) is 32.6 Å². The molecule has 1 aliphatic rings. The fourth-order valence-corrected chi connectivity index (χ4v) is 1.95. The summed E-state index contributed by atoms with van der Waals surface area (Å²) < 4.78 is 0. The highest BCUT2D eigenvalue weighted by Gasteiger charge is 2.11. The molecule has 1 aromatic heterocycles. The van der Waals surface area contributed by atoms with Crippen LogP contribution in [-0.4, -0.2) is 28.1 Å². The number of nitrogens with zero attached hydrogens (tertiary/aromatic N) is 3. The zero-order valence-electron chi connectivity index (χ0n) is 10.2. The third-order valence-corrected chi connectivity index (χ3v) is 2.87. The van der Waals surface area contributed by atoms with Crippen LogP contribution >= 0.6 is 0 Å². The second kappa shape index (κ2) is 5.79. The maximum Gasteiger partial charge on any atom is 0.146 e. The molecule has 17 heavy (non-hydrogen) atoms. The number of hydrazine groups is 2. The first-order valence-electron chi connectivity index (χ1n) is 6.18. The van der Waals surface area contributed by atoms with Gasteiger partial charge < -0.3 is 10.9 Å². The standard InChI is InChI=1S/C11H20N6/c1-2-9-13-10(15-12)8-11(14-9)16-17-6-4-3-5-7-17/h8H,2-7,12H2,1H3,(H2,13,14,15,16). The Morgan fingerprint density at radius 2 is 1.94 bits per heavy atom. The van der Waals surface area contributed by atoms with Crippen molar-refractivity contribution in [3.8, 4) is 0 Å². The molecular weight excluding hydrogens is 216 g/mol. The second-order valence-corrected chi connectivity index (χ2v) is 4.21. The summed E-state index contributed by atoms with van der Waals surface area (Å²) in [6.45, 7) is 4.16. The molecule has 0 aromatic carbocycles. The fraction of sp³-hybridized carbons (Fsp3) is 0.636. The number of hydrogen-bond acceptors (Lipinski definition) is 6. The van der Waals surface area contributed by atoms with Gasteiger partial charge in [-0.05, 0) is 12.8 Å². The number of aryl methyl sites for hydroxylation is 1. The molecule has 1 aromatic rings. The Labute approximate surface area is 102 Å². The lowest BCUT2D eigenvalue weighted by molar-refractivity contribution is 0.272. The van der Waals surface area contributed by atoms with E-state index >= 15 is 0 Å². The van der Waals surface area contributed by atoms with Gasteiger partial charge in [0.25, 0.3) is 0 Å². The number of hydrogen-bond donors (Lipinski definition) is 3. The van der Waals surface area contributed by atoms with Crippen LogP contribution < -0.4 is 16.7 Å². The molecule has 6 nitrogen and oxygen atoms in total. The number of nitrogens with one attached hydrogen (secondary N) is 2. The monoisotopic (exact) mass is 236 g/mol. The van der Waals surface area contributed by atoms with Crippen LogP contribution in [0, 0.1) is 0 Å². The smallest absolute Gasteiger partial charge is 0.146 e. The van der Waals surface area contributed by atoms with Crippen molar-refractivity contribution in [3.63, 3.8) is 0 Å². The molecule has 1 aliphatic heterocycles. The molecule has 0 radical (unpaired) electrons. The molecule has 4 N–H and O–H groups in total. The van der Waals surface area contributed by atoms with Crippen molar-refractivity contribution >= 4 is 11.6 Å². The first-order valence-corrected chi connectivity index (χ1v) is 6.18. The van der Waals surface area contributed by atoms with E-state index in [-0.39, 0.29) is 0 Å². The maximum atomic E-state index is 5.39. The number of nitrogen functional groups attached to an aromatic ring is 1. The van der Waals surface area contributed by atoms with Crippen LogP contribution in [0.3, 0.4) is 0 Å². The normalized spacial score (nSPS) is 16.8. The Balaban J connectivity index is 2.07. The first kappa shape index (κ1) is 12.1. The van der Waals surface area contributed by atoms with Gasteiger partial charge in [-0.25, -0.2) is 20.8 Å². The summed E-state index contributed by atoms with van der Waals surface area (Å²) in [7, 11) is 0. The molecule has 6 heteroatoms. The van der Waals surface area contributed by atoms with Crippen molar-refractivity contribution in [1.82, 2.24) is 15.0 Å². The van der Waals surface area contributed by atoms with Crippen LogP contribution in [0.15, 0.2) is 6.07 Å². The molecule has 2 heterocycles. The fourth-order valence-electron chi connectivity index (χ4n) is 1.95. The molecule has 94 valence electrons. The third kappa shape index (κ3) is 3.28. The van der Waals surface area contributed by atoms with Gasteiger partial charge in [-0.2, -0.15) is 0 Å². The highest BCUT2D eigenvalue weighted by molar-refractivity contribution is 5.46. The Bertz CT molecular complexity index is 339. The number of nitrogens with two attached hydrogens (primary N) is 1. The summed E-state index contributed by atoms with van der Waals surface area (Å²) in [4.78, 5) is 8.69. The predicted molar refractivity (Wildman–Crippen MR) is 68.3 cm³/mol. The van der Waals surface area contributed by atoms with Crippen LogP contribution in [-0.2, 0) is 6.42 Å². The van der Waals surface area contributed by atoms with Crippen molar-refractivity contribution in [1.29, 1.82) is 0 Å². The van der Waals surface area contributed by atoms with Crippen molar-refractivity contribution in [3.05, 3.63) is 11.9 Å². The summed E-state index contributed by atoms with van der Waals surface area (Å²) in [5, 5.41) is 2.20. The van der Waals surface area contributed by atoms with Crippen LogP contribution in [0.4, 0.5) is 11.6 Å². The zero-order valence-corrected chi connectivity index (χ0v) is 10.2. The summed E-state index contributed by atoms with van der Waals surface area (Å²) in [6.07, 6.45) is 4.59. The lowest BCUT2D eigenvalue weighted by Crippen LogP contribution is -2.35. The largest absolute Gasteiger partial charge is 0.308 e. The molecule has 0 amide bonds. The minimum absolute atomic E-state index is 0.649. The van der Waals surface area contributed by atoms with Gasteiger partial charge in [-0.15, -0.1) is 0 Å². The first-order chi connectivity index (χ1) is 8.31.